The van der Waals surface area contributed by atoms with E-state index in [1.54, 1.807) is 12.1 Å². The lowest BCUT2D eigenvalue weighted by molar-refractivity contribution is 0.112. The number of hydrogen-bond donors (Lipinski definition) is 0. The van der Waals surface area contributed by atoms with Gasteiger partial charge in [0, 0.05) is 17.7 Å². The zero-order valence-electron chi connectivity index (χ0n) is 21.5. The SMILES string of the molecule is Cc1oc2c(C)c(C)c(OCc3ccccc3)c(C)c2c1N1CCC[C@@H](Oc2ccc(C=O)cc2)C1. The predicted octanol–water partition coefficient (Wildman–Crippen LogP) is 7.11. The number of rotatable bonds is 7. The molecule has 0 unspecified atom stereocenters. The first-order valence-electron chi connectivity index (χ1n) is 12.6. The molecule has 0 saturated carbocycles. The Hall–Kier alpha value is -3.73. The molecule has 4 aromatic rings. The van der Waals surface area contributed by atoms with E-state index >= 15 is 0 Å². The number of piperidine rings is 1. The highest BCUT2D eigenvalue weighted by atomic mass is 16.5. The summed E-state index contributed by atoms with van der Waals surface area (Å²) in [5.41, 5.74) is 7.23. The van der Waals surface area contributed by atoms with Gasteiger partial charge in [-0.15, -0.1) is 0 Å². The van der Waals surface area contributed by atoms with Crippen LogP contribution < -0.4 is 14.4 Å². The smallest absolute Gasteiger partial charge is 0.150 e. The number of furan rings is 1. The van der Waals surface area contributed by atoms with Crippen molar-refractivity contribution in [3.63, 3.8) is 0 Å². The molecule has 186 valence electrons. The van der Waals surface area contributed by atoms with Crippen molar-refractivity contribution in [3.05, 3.63) is 88.2 Å². The number of carbonyl (C=O) groups excluding carboxylic acids is 1. The average molecular weight is 484 g/mol. The normalized spacial score (nSPS) is 15.8. The monoisotopic (exact) mass is 483 g/mol. The summed E-state index contributed by atoms with van der Waals surface area (Å²) in [6, 6.07) is 17.6. The summed E-state index contributed by atoms with van der Waals surface area (Å²) in [5, 5.41) is 1.13. The Kier molecular flexibility index (Phi) is 6.73. The molecule has 2 heterocycles. The summed E-state index contributed by atoms with van der Waals surface area (Å²) in [4.78, 5) is 13.4. The molecule has 0 N–H and O–H groups in total. The largest absolute Gasteiger partial charge is 0.489 e. The van der Waals surface area contributed by atoms with Gasteiger partial charge in [0.05, 0.1) is 17.6 Å². The molecule has 5 rings (SSSR count). The van der Waals surface area contributed by atoms with E-state index in [0.29, 0.717) is 12.2 Å². The molecule has 1 aliphatic rings. The molecule has 36 heavy (non-hydrogen) atoms. The van der Waals surface area contributed by atoms with Gasteiger partial charge in [-0.1, -0.05) is 30.3 Å². The fourth-order valence-electron chi connectivity index (χ4n) is 5.27. The molecule has 0 amide bonds. The number of carbonyl (C=O) groups is 1. The van der Waals surface area contributed by atoms with Crippen LogP contribution in [0.5, 0.6) is 11.5 Å². The highest BCUT2D eigenvalue weighted by Crippen LogP contribution is 2.44. The molecule has 1 fully saturated rings. The first-order valence-corrected chi connectivity index (χ1v) is 12.6. The van der Waals surface area contributed by atoms with Gasteiger partial charge in [-0.25, -0.2) is 0 Å². The third-order valence-corrected chi connectivity index (χ3v) is 7.25. The van der Waals surface area contributed by atoms with Crippen LogP contribution in [0.2, 0.25) is 0 Å². The van der Waals surface area contributed by atoms with Crippen LogP contribution in [0.15, 0.2) is 59.0 Å². The van der Waals surface area contributed by atoms with Crippen LogP contribution in [-0.2, 0) is 6.61 Å². The molecule has 1 saturated heterocycles. The molecule has 3 aromatic carbocycles. The van der Waals surface area contributed by atoms with Gasteiger partial charge in [0.15, 0.2) is 0 Å². The summed E-state index contributed by atoms with van der Waals surface area (Å²) < 4.78 is 19.1. The van der Waals surface area contributed by atoms with Crippen molar-refractivity contribution >= 4 is 22.9 Å². The molecule has 1 aliphatic heterocycles. The van der Waals surface area contributed by atoms with E-state index in [1.807, 2.05) is 30.3 Å². The van der Waals surface area contributed by atoms with Crippen LogP contribution in [0, 0.1) is 27.7 Å². The number of benzene rings is 3. The Bertz CT molecular complexity index is 1370. The topological polar surface area (TPSA) is 51.9 Å². The second-order valence-electron chi connectivity index (χ2n) is 9.70. The maximum Gasteiger partial charge on any atom is 0.150 e. The third kappa shape index (κ3) is 4.58. The van der Waals surface area contributed by atoms with Crippen molar-refractivity contribution in [3.8, 4) is 11.5 Å². The van der Waals surface area contributed by atoms with Gasteiger partial charge in [0.2, 0.25) is 0 Å². The van der Waals surface area contributed by atoms with Crippen molar-refractivity contribution in [2.24, 2.45) is 0 Å². The van der Waals surface area contributed by atoms with Crippen molar-refractivity contribution in [2.75, 3.05) is 18.0 Å². The minimum Gasteiger partial charge on any atom is -0.489 e. The Balaban J connectivity index is 1.45. The van der Waals surface area contributed by atoms with E-state index in [-0.39, 0.29) is 6.10 Å². The van der Waals surface area contributed by atoms with Crippen molar-refractivity contribution in [1.29, 1.82) is 0 Å². The van der Waals surface area contributed by atoms with E-state index in [4.69, 9.17) is 13.9 Å². The van der Waals surface area contributed by atoms with Gasteiger partial charge in [-0.2, -0.15) is 0 Å². The molecule has 0 radical (unpaired) electrons. The van der Waals surface area contributed by atoms with Crippen LogP contribution in [0.25, 0.3) is 11.0 Å². The molecule has 0 bridgehead atoms. The lowest BCUT2D eigenvalue weighted by Crippen LogP contribution is -2.41. The Labute approximate surface area is 212 Å². The molecule has 1 atom stereocenters. The molecule has 0 spiro atoms. The Morgan fingerprint density at radius 1 is 0.972 bits per heavy atom. The quantitative estimate of drug-likeness (QED) is 0.262. The highest BCUT2D eigenvalue weighted by molar-refractivity contribution is 5.99. The number of fused-ring (bicyclic) bond motifs is 1. The maximum atomic E-state index is 11.0. The highest BCUT2D eigenvalue weighted by Gasteiger charge is 2.29. The number of aldehydes is 1. The van der Waals surface area contributed by atoms with E-state index in [2.05, 4.69) is 44.7 Å². The minimum absolute atomic E-state index is 0.0610. The minimum atomic E-state index is 0.0610. The van der Waals surface area contributed by atoms with Crippen LogP contribution in [0.4, 0.5) is 5.69 Å². The standard InChI is InChI=1S/C31H33NO4/c1-20-21(2)31-28(22(3)30(20)34-19-25-9-6-5-7-10-25)29(23(4)35-31)32-16-8-11-27(17-32)36-26-14-12-24(18-33)13-15-26/h5-7,9-10,12-15,18,27H,8,11,16-17,19H2,1-4H3/t27-/m1/s1. The lowest BCUT2D eigenvalue weighted by atomic mass is 9.98. The van der Waals surface area contributed by atoms with Crippen LogP contribution in [0.1, 0.15) is 51.2 Å². The van der Waals surface area contributed by atoms with Crippen LogP contribution in [0.3, 0.4) is 0 Å². The summed E-state index contributed by atoms with van der Waals surface area (Å²) >= 11 is 0. The van der Waals surface area contributed by atoms with E-state index in [1.165, 1.54) is 0 Å². The lowest BCUT2D eigenvalue weighted by Gasteiger charge is -2.34. The number of hydrogen-bond acceptors (Lipinski definition) is 5. The average Bonchev–Trinajstić information content (AvgIpc) is 3.26. The van der Waals surface area contributed by atoms with Crippen molar-refractivity contribution < 1.29 is 18.7 Å². The van der Waals surface area contributed by atoms with Gasteiger partial charge < -0.3 is 18.8 Å². The van der Waals surface area contributed by atoms with Gasteiger partial charge in [0.1, 0.15) is 41.8 Å². The second-order valence-corrected chi connectivity index (χ2v) is 9.70. The van der Waals surface area contributed by atoms with Gasteiger partial charge >= 0.3 is 0 Å². The summed E-state index contributed by atoms with van der Waals surface area (Å²) in [6.07, 6.45) is 2.93. The molecule has 5 heteroatoms. The zero-order chi connectivity index (χ0) is 25.2. The third-order valence-electron chi connectivity index (χ3n) is 7.25. The van der Waals surface area contributed by atoms with E-state index in [9.17, 15) is 4.79 Å². The van der Waals surface area contributed by atoms with Crippen LogP contribution >= 0.6 is 0 Å². The van der Waals surface area contributed by atoms with Gasteiger partial charge in [-0.05, 0) is 81.5 Å². The van der Waals surface area contributed by atoms with Gasteiger partial charge in [0.25, 0.3) is 0 Å². The number of aryl methyl sites for hydroxylation is 3. The molecule has 1 aromatic heterocycles. The summed E-state index contributed by atoms with van der Waals surface area (Å²) in [6.45, 7) is 10.7. The number of nitrogens with zero attached hydrogens (tertiary/aromatic N) is 1. The first kappa shape index (κ1) is 24.0. The van der Waals surface area contributed by atoms with Gasteiger partial charge in [-0.3, -0.25) is 4.79 Å². The van der Waals surface area contributed by atoms with E-state index < -0.39 is 0 Å². The van der Waals surface area contributed by atoms with E-state index in [0.717, 1.165) is 88.4 Å². The Morgan fingerprint density at radius 2 is 1.72 bits per heavy atom. The first-order chi connectivity index (χ1) is 17.5. The Morgan fingerprint density at radius 3 is 2.44 bits per heavy atom. The summed E-state index contributed by atoms with van der Waals surface area (Å²) in [5.74, 6) is 2.65. The molecule has 0 aliphatic carbocycles. The maximum absolute atomic E-state index is 11.0. The number of anilines is 1. The summed E-state index contributed by atoms with van der Waals surface area (Å²) in [7, 11) is 0. The molecule has 5 nitrogen and oxygen atoms in total. The number of ether oxygens (including phenoxy) is 2. The van der Waals surface area contributed by atoms with Crippen molar-refractivity contribution in [1.82, 2.24) is 0 Å². The zero-order valence-corrected chi connectivity index (χ0v) is 21.5. The molecular weight excluding hydrogens is 450 g/mol. The fraction of sp³-hybridized carbons (Fsp3) is 0.323. The molecular formula is C31H33NO4. The predicted molar refractivity (Wildman–Crippen MR) is 144 cm³/mol. The van der Waals surface area contributed by atoms with Crippen molar-refractivity contribution in [2.45, 2.75) is 53.2 Å². The second kappa shape index (κ2) is 10.1. The van der Waals surface area contributed by atoms with Crippen LogP contribution in [-0.4, -0.2) is 25.5 Å². The fourth-order valence-corrected chi connectivity index (χ4v) is 5.27.